The average molecular weight is 336 g/mol. The minimum absolute atomic E-state index is 0.254. The average Bonchev–Trinajstić information content (AvgIpc) is 2.41. The third-order valence-electron chi connectivity index (χ3n) is 3.53. The standard InChI is InChI=1S/C15H10F6O2/c1-15(2,9-7(22)3-5(16)11(18)13(9)20)10-8(23)4-6(17)12(19)14(10)21/h3-4,22-23H,1-2H3. The SMILES string of the molecule is CC(C)(c1c(O)cc(F)c(F)c1F)c1c(O)cc(F)c(F)c1F. The van der Waals surface area contributed by atoms with Crippen molar-refractivity contribution in [2.24, 2.45) is 0 Å². The molecule has 0 fully saturated rings. The molecule has 2 aromatic rings. The van der Waals surface area contributed by atoms with Crippen LogP contribution >= 0.6 is 0 Å². The number of phenols is 2. The molecule has 0 bridgehead atoms. The zero-order valence-electron chi connectivity index (χ0n) is 11.8. The zero-order chi connectivity index (χ0) is 17.7. The quantitative estimate of drug-likeness (QED) is 0.636. The lowest BCUT2D eigenvalue weighted by Gasteiger charge is -2.28. The molecule has 0 heterocycles. The number of hydrogen-bond donors (Lipinski definition) is 2. The second kappa shape index (κ2) is 5.36. The van der Waals surface area contributed by atoms with Crippen molar-refractivity contribution >= 4 is 0 Å². The van der Waals surface area contributed by atoms with Gasteiger partial charge in [-0.2, -0.15) is 0 Å². The fourth-order valence-electron chi connectivity index (χ4n) is 2.48. The van der Waals surface area contributed by atoms with Crippen LogP contribution in [0.1, 0.15) is 25.0 Å². The molecule has 0 aliphatic carbocycles. The van der Waals surface area contributed by atoms with Gasteiger partial charge in [-0.15, -0.1) is 0 Å². The smallest absolute Gasteiger partial charge is 0.194 e. The first kappa shape index (κ1) is 17.0. The van der Waals surface area contributed by atoms with Crippen LogP contribution in [0.4, 0.5) is 26.3 Å². The third kappa shape index (κ3) is 2.47. The molecule has 2 aromatic carbocycles. The van der Waals surface area contributed by atoms with E-state index in [1.807, 2.05) is 0 Å². The van der Waals surface area contributed by atoms with E-state index in [4.69, 9.17) is 0 Å². The number of hydrogen-bond acceptors (Lipinski definition) is 2. The Kier molecular flexibility index (Phi) is 3.96. The van der Waals surface area contributed by atoms with E-state index < -0.39 is 62.9 Å². The van der Waals surface area contributed by atoms with Crippen molar-refractivity contribution < 1.29 is 36.6 Å². The summed E-state index contributed by atoms with van der Waals surface area (Å²) in [4.78, 5) is 0. The van der Waals surface area contributed by atoms with E-state index in [0.29, 0.717) is 0 Å². The van der Waals surface area contributed by atoms with E-state index >= 15 is 0 Å². The van der Waals surface area contributed by atoms with Gasteiger partial charge in [0.1, 0.15) is 11.5 Å². The van der Waals surface area contributed by atoms with Crippen LogP contribution in [0.5, 0.6) is 11.5 Å². The molecule has 0 spiro atoms. The Morgan fingerprint density at radius 2 is 0.957 bits per heavy atom. The van der Waals surface area contributed by atoms with Gasteiger partial charge in [0.2, 0.25) is 0 Å². The van der Waals surface area contributed by atoms with Gasteiger partial charge in [-0.3, -0.25) is 0 Å². The van der Waals surface area contributed by atoms with Gasteiger partial charge in [0.05, 0.1) is 0 Å². The van der Waals surface area contributed by atoms with E-state index in [0.717, 1.165) is 13.8 Å². The molecule has 124 valence electrons. The molecule has 0 saturated carbocycles. The molecule has 0 aliphatic rings. The van der Waals surface area contributed by atoms with Crippen molar-refractivity contribution in [3.8, 4) is 11.5 Å². The summed E-state index contributed by atoms with van der Waals surface area (Å²) in [5.41, 5.74) is -3.89. The number of rotatable bonds is 2. The maximum absolute atomic E-state index is 14.0. The molecular weight excluding hydrogens is 326 g/mol. The van der Waals surface area contributed by atoms with Gasteiger partial charge in [-0.1, -0.05) is 13.8 Å². The Bertz CT molecular complexity index is 736. The van der Waals surface area contributed by atoms with E-state index in [-0.39, 0.29) is 12.1 Å². The first-order valence-corrected chi connectivity index (χ1v) is 6.24. The van der Waals surface area contributed by atoms with Crippen LogP contribution < -0.4 is 0 Å². The highest BCUT2D eigenvalue weighted by Crippen LogP contribution is 2.44. The van der Waals surface area contributed by atoms with Gasteiger partial charge < -0.3 is 10.2 Å². The van der Waals surface area contributed by atoms with Crippen LogP contribution in [-0.4, -0.2) is 10.2 Å². The lowest BCUT2D eigenvalue weighted by atomic mass is 9.76. The summed E-state index contributed by atoms with van der Waals surface area (Å²) < 4.78 is 81.0. The molecule has 0 aliphatic heterocycles. The molecule has 0 unspecified atom stereocenters. The first-order valence-electron chi connectivity index (χ1n) is 6.24. The van der Waals surface area contributed by atoms with E-state index in [1.165, 1.54) is 0 Å². The number of halogens is 6. The number of phenolic OH excluding ortho intramolecular Hbond substituents is 2. The van der Waals surface area contributed by atoms with Crippen molar-refractivity contribution in [1.29, 1.82) is 0 Å². The molecular formula is C15H10F6O2. The molecule has 0 saturated heterocycles. The number of benzene rings is 2. The van der Waals surface area contributed by atoms with Gasteiger partial charge in [-0.05, 0) is 0 Å². The van der Waals surface area contributed by atoms with Crippen molar-refractivity contribution in [3.05, 3.63) is 58.2 Å². The minimum atomic E-state index is -2.05. The molecule has 8 heteroatoms. The molecule has 2 rings (SSSR count). The van der Waals surface area contributed by atoms with Crippen LogP contribution in [0, 0.1) is 34.9 Å². The van der Waals surface area contributed by atoms with E-state index in [2.05, 4.69) is 0 Å². The van der Waals surface area contributed by atoms with Gasteiger partial charge >= 0.3 is 0 Å². The Labute approximate surface area is 126 Å². The first-order chi connectivity index (χ1) is 10.5. The van der Waals surface area contributed by atoms with E-state index in [9.17, 15) is 36.6 Å². The molecule has 0 aromatic heterocycles. The Hall–Kier alpha value is -2.38. The summed E-state index contributed by atoms with van der Waals surface area (Å²) in [6.07, 6.45) is 0. The Morgan fingerprint density at radius 3 is 1.26 bits per heavy atom. The predicted octanol–water partition coefficient (Wildman–Crippen LogP) is 4.26. The molecule has 0 radical (unpaired) electrons. The van der Waals surface area contributed by atoms with Crippen molar-refractivity contribution in [2.45, 2.75) is 19.3 Å². The Morgan fingerprint density at radius 1 is 0.652 bits per heavy atom. The topological polar surface area (TPSA) is 40.5 Å². The molecule has 0 atom stereocenters. The van der Waals surface area contributed by atoms with Crippen LogP contribution in [0.2, 0.25) is 0 Å². The maximum atomic E-state index is 14.0. The molecule has 2 N–H and O–H groups in total. The maximum Gasteiger partial charge on any atom is 0.194 e. The summed E-state index contributed by atoms with van der Waals surface area (Å²) in [5.74, 6) is -13.1. The predicted molar refractivity (Wildman–Crippen MR) is 68.1 cm³/mol. The molecule has 2 nitrogen and oxygen atoms in total. The van der Waals surface area contributed by atoms with E-state index in [1.54, 1.807) is 0 Å². The molecule has 23 heavy (non-hydrogen) atoms. The van der Waals surface area contributed by atoms with Crippen LogP contribution in [0.25, 0.3) is 0 Å². The van der Waals surface area contributed by atoms with Gasteiger partial charge in [0.25, 0.3) is 0 Å². The fraction of sp³-hybridized carbons (Fsp3) is 0.200. The van der Waals surface area contributed by atoms with Crippen LogP contribution in [0.15, 0.2) is 12.1 Å². The second-order valence-electron chi connectivity index (χ2n) is 5.39. The van der Waals surface area contributed by atoms with Gasteiger partial charge in [0.15, 0.2) is 34.9 Å². The highest BCUT2D eigenvalue weighted by molar-refractivity contribution is 5.51. The third-order valence-corrected chi connectivity index (χ3v) is 3.53. The largest absolute Gasteiger partial charge is 0.507 e. The number of aromatic hydroxyl groups is 2. The zero-order valence-corrected chi connectivity index (χ0v) is 11.8. The normalized spacial score (nSPS) is 11.8. The van der Waals surface area contributed by atoms with Crippen molar-refractivity contribution in [3.63, 3.8) is 0 Å². The molecule has 0 amide bonds. The van der Waals surface area contributed by atoms with Crippen molar-refractivity contribution in [2.75, 3.05) is 0 Å². The second-order valence-corrected chi connectivity index (χ2v) is 5.39. The van der Waals surface area contributed by atoms with Crippen LogP contribution in [-0.2, 0) is 5.41 Å². The van der Waals surface area contributed by atoms with Gasteiger partial charge in [-0.25, -0.2) is 26.3 Å². The summed E-state index contributed by atoms with van der Waals surface area (Å²) in [7, 11) is 0. The fourth-order valence-corrected chi connectivity index (χ4v) is 2.48. The minimum Gasteiger partial charge on any atom is -0.507 e. The monoisotopic (exact) mass is 336 g/mol. The van der Waals surface area contributed by atoms with Crippen molar-refractivity contribution in [1.82, 2.24) is 0 Å². The Balaban J connectivity index is 2.85. The highest BCUT2D eigenvalue weighted by Gasteiger charge is 2.38. The lowest BCUT2D eigenvalue weighted by Crippen LogP contribution is -2.24. The lowest BCUT2D eigenvalue weighted by molar-refractivity contribution is 0.368. The summed E-state index contributed by atoms with van der Waals surface area (Å²) in [6, 6.07) is 0.509. The van der Waals surface area contributed by atoms with Crippen LogP contribution in [0.3, 0.4) is 0 Å². The van der Waals surface area contributed by atoms with Gasteiger partial charge in [0, 0.05) is 28.7 Å². The highest BCUT2D eigenvalue weighted by atomic mass is 19.2. The summed E-state index contributed by atoms with van der Waals surface area (Å²) >= 11 is 0. The summed E-state index contributed by atoms with van der Waals surface area (Å²) in [6.45, 7) is 2.02. The summed E-state index contributed by atoms with van der Waals surface area (Å²) in [5, 5.41) is 19.4.